The molecule has 1 aliphatic carbocycles. The fourth-order valence-corrected chi connectivity index (χ4v) is 5.00. The van der Waals surface area contributed by atoms with Gasteiger partial charge in [-0.05, 0) is 55.2 Å². The molecule has 0 radical (unpaired) electrons. The van der Waals surface area contributed by atoms with E-state index in [0.717, 1.165) is 49.9 Å². The van der Waals surface area contributed by atoms with Crippen molar-refractivity contribution in [2.75, 3.05) is 6.54 Å². The van der Waals surface area contributed by atoms with Crippen molar-refractivity contribution < 1.29 is 26.8 Å². The zero-order valence-electron chi connectivity index (χ0n) is 18.8. The van der Waals surface area contributed by atoms with E-state index in [4.69, 9.17) is 4.42 Å². The average Bonchev–Trinajstić information content (AvgIpc) is 3.46. The molecule has 1 aromatic carbocycles. The van der Waals surface area contributed by atoms with Crippen molar-refractivity contribution in [2.45, 2.75) is 63.1 Å². The Hall–Kier alpha value is -2.72. The molecule has 3 rings (SSSR count). The Kier molecular flexibility index (Phi) is 8.25. The highest BCUT2D eigenvalue weighted by atomic mass is 32.2. The number of nitrogens with zero attached hydrogens (tertiary/aromatic N) is 1. The maximum Gasteiger partial charge on any atom is 0.243 e. The first-order valence-electron chi connectivity index (χ1n) is 11.0. The van der Waals surface area contributed by atoms with Crippen molar-refractivity contribution in [3.63, 3.8) is 0 Å². The lowest BCUT2D eigenvalue weighted by Crippen LogP contribution is -2.55. The van der Waals surface area contributed by atoms with Gasteiger partial charge in [-0.3, -0.25) is 9.59 Å². The molecular weight excluding hydrogens is 449 g/mol. The Morgan fingerprint density at radius 3 is 2.39 bits per heavy atom. The predicted octanol–water partition coefficient (Wildman–Crippen LogP) is 2.81. The number of hydrogen-bond donors (Lipinski definition) is 2. The fourth-order valence-electron chi connectivity index (χ4n) is 4.03. The second kappa shape index (κ2) is 10.9. The van der Waals surface area contributed by atoms with Crippen LogP contribution in [0.15, 0.2) is 52.0 Å². The van der Waals surface area contributed by atoms with Crippen molar-refractivity contribution in [3.05, 3.63) is 54.2 Å². The number of halogens is 1. The normalized spacial score (nSPS) is 15.5. The van der Waals surface area contributed by atoms with E-state index in [0.29, 0.717) is 5.76 Å². The number of hydrogen-bond acceptors (Lipinski definition) is 5. The summed E-state index contributed by atoms with van der Waals surface area (Å²) in [5.41, 5.74) is 0. The molecule has 1 fully saturated rings. The molecule has 8 nitrogen and oxygen atoms in total. The van der Waals surface area contributed by atoms with Crippen LogP contribution in [0.1, 0.15) is 45.3 Å². The summed E-state index contributed by atoms with van der Waals surface area (Å²) in [4.78, 5) is 27.6. The van der Waals surface area contributed by atoms with Crippen LogP contribution in [0.5, 0.6) is 0 Å². The molecule has 0 aliphatic heterocycles. The Balaban J connectivity index is 1.78. The number of benzene rings is 1. The maximum atomic E-state index is 13.2. The summed E-state index contributed by atoms with van der Waals surface area (Å²) in [7, 11) is -4.04. The van der Waals surface area contributed by atoms with Crippen LogP contribution in [0, 0.1) is 11.7 Å². The molecule has 180 valence electrons. The first-order valence-corrected chi connectivity index (χ1v) is 12.5. The number of sulfonamides is 1. The molecule has 0 spiro atoms. The molecule has 2 amide bonds. The second-order valence-corrected chi connectivity index (χ2v) is 10.3. The quantitative estimate of drug-likeness (QED) is 0.545. The van der Waals surface area contributed by atoms with Crippen molar-refractivity contribution >= 4 is 21.8 Å². The van der Waals surface area contributed by atoms with Gasteiger partial charge in [0.2, 0.25) is 21.8 Å². The topological polar surface area (TPSA) is 109 Å². The van der Waals surface area contributed by atoms with Gasteiger partial charge in [-0.1, -0.05) is 26.7 Å². The van der Waals surface area contributed by atoms with E-state index in [2.05, 4.69) is 10.0 Å². The molecule has 1 atom stereocenters. The summed E-state index contributed by atoms with van der Waals surface area (Å²) < 4.78 is 45.9. The van der Waals surface area contributed by atoms with E-state index >= 15 is 0 Å². The molecule has 33 heavy (non-hydrogen) atoms. The second-order valence-electron chi connectivity index (χ2n) is 8.56. The number of carbonyl (C=O) groups excluding carboxylic acids is 2. The Morgan fingerprint density at radius 2 is 1.82 bits per heavy atom. The van der Waals surface area contributed by atoms with Gasteiger partial charge in [0.05, 0.1) is 24.2 Å². The van der Waals surface area contributed by atoms with Gasteiger partial charge in [0, 0.05) is 6.04 Å². The van der Waals surface area contributed by atoms with Gasteiger partial charge < -0.3 is 14.6 Å². The van der Waals surface area contributed by atoms with Crippen LogP contribution in [0.3, 0.4) is 0 Å². The van der Waals surface area contributed by atoms with Crippen LogP contribution < -0.4 is 10.0 Å². The summed E-state index contributed by atoms with van der Waals surface area (Å²) in [5.74, 6) is -1.15. The molecule has 1 aliphatic rings. The monoisotopic (exact) mass is 479 g/mol. The lowest BCUT2D eigenvalue weighted by Gasteiger charge is -2.34. The number of carbonyl (C=O) groups is 2. The molecular formula is C23H30FN3O5S. The molecule has 0 unspecified atom stereocenters. The van der Waals surface area contributed by atoms with Gasteiger partial charge in [0.25, 0.3) is 0 Å². The highest BCUT2D eigenvalue weighted by Crippen LogP contribution is 2.21. The third-order valence-corrected chi connectivity index (χ3v) is 7.12. The van der Waals surface area contributed by atoms with Gasteiger partial charge in [-0.25, -0.2) is 17.5 Å². The highest BCUT2D eigenvalue weighted by molar-refractivity contribution is 7.89. The zero-order valence-corrected chi connectivity index (χ0v) is 19.6. The Labute approximate surface area is 193 Å². The van der Waals surface area contributed by atoms with E-state index in [1.807, 2.05) is 13.8 Å². The van der Waals surface area contributed by atoms with E-state index in [-0.39, 0.29) is 29.3 Å². The summed E-state index contributed by atoms with van der Waals surface area (Å²) in [5, 5.41) is 3.04. The molecule has 10 heteroatoms. The number of rotatable bonds is 10. The average molecular weight is 480 g/mol. The minimum absolute atomic E-state index is 0.0189. The highest BCUT2D eigenvalue weighted by Gasteiger charge is 2.35. The SMILES string of the molecule is CC(C)[C@H](C(=O)NC1CCCC1)N(Cc1ccco1)C(=O)CNS(=O)(=O)c1ccc(F)cc1. The zero-order chi connectivity index (χ0) is 24.0. The molecule has 0 bridgehead atoms. The standard InChI is InChI=1S/C23H30FN3O5S/c1-16(2)22(23(29)26-18-6-3-4-7-18)27(15-19-8-5-13-32-19)21(28)14-25-33(30,31)20-11-9-17(24)10-12-20/h5,8-13,16,18,22,25H,3-4,6-7,14-15H2,1-2H3,(H,26,29)/t22-/m1/s1. The van der Waals surface area contributed by atoms with Crippen LogP contribution in [0.2, 0.25) is 0 Å². The molecule has 0 saturated heterocycles. The van der Waals surface area contributed by atoms with Gasteiger partial charge in [-0.2, -0.15) is 0 Å². The largest absolute Gasteiger partial charge is 0.467 e. The molecule has 2 N–H and O–H groups in total. The minimum atomic E-state index is -4.04. The third-order valence-electron chi connectivity index (χ3n) is 5.70. The van der Waals surface area contributed by atoms with Gasteiger partial charge >= 0.3 is 0 Å². The Morgan fingerprint density at radius 1 is 1.15 bits per heavy atom. The number of furan rings is 1. The van der Waals surface area contributed by atoms with E-state index in [1.165, 1.54) is 11.2 Å². The first-order chi connectivity index (χ1) is 15.7. The van der Waals surface area contributed by atoms with E-state index in [1.54, 1.807) is 12.1 Å². The van der Waals surface area contributed by atoms with Gasteiger partial charge in [0.15, 0.2) is 0 Å². The summed E-state index contributed by atoms with van der Waals surface area (Å²) >= 11 is 0. The molecule has 1 saturated carbocycles. The first kappa shape index (κ1) is 24.9. The van der Waals surface area contributed by atoms with Crippen molar-refractivity contribution in [2.24, 2.45) is 5.92 Å². The van der Waals surface area contributed by atoms with Crippen LogP contribution in [-0.4, -0.2) is 43.8 Å². The number of amides is 2. The summed E-state index contributed by atoms with van der Waals surface area (Å²) in [6, 6.07) is 6.94. The van der Waals surface area contributed by atoms with E-state index in [9.17, 15) is 22.4 Å². The third kappa shape index (κ3) is 6.64. The van der Waals surface area contributed by atoms with Crippen LogP contribution in [0.4, 0.5) is 4.39 Å². The Bertz CT molecular complexity index is 1030. The predicted molar refractivity (Wildman–Crippen MR) is 120 cm³/mol. The summed E-state index contributed by atoms with van der Waals surface area (Å²) in [6.07, 6.45) is 5.38. The lowest BCUT2D eigenvalue weighted by molar-refractivity contribution is -0.142. The van der Waals surface area contributed by atoms with Crippen molar-refractivity contribution in [1.29, 1.82) is 0 Å². The fraction of sp³-hybridized carbons (Fsp3) is 0.478. The van der Waals surface area contributed by atoms with Crippen molar-refractivity contribution in [3.8, 4) is 0 Å². The smallest absolute Gasteiger partial charge is 0.243 e. The van der Waals surface area contributed by atoms with E-state index < -0.39 is 34.3 Å². The number of nitrogens with one attached hydrogen (secondary N) is 2. The minimum Gasteiger partial charge on any atom is -0.467 e. The van der Waals surface area contributed by atoms with Crippen LogP contribution >= 0.6 is 0 Å². The lowest BCUT2D eigenvalue weighted by atomic mass is 10.00. The van der Waals surface area contributed by atoms with Crippen molar-refractivity contribution in [1.82, 2.24) is 14.9 Å². The van der Waals surface area contributed by atoms with Gasteiger partial charge in [-0.15, -0.1) is 0 Å². The summed E-state index contributed by atoms with van der Waals surface area (Å²) in [6.45, 7) is 3.14. The molecule has 1 heterocycles. The molecule has 2 aromatic rings. The van der Waals surface area contributed by atoms with Crippen LogP contribution in [-0.2, 0) is 26.2 Å². The molecule has 1 aromatic heterocycles. The maximum absolute atomic E-state index is 13.2. The van der Waals surface area contributed by atoms with Crippen LogP contribution in [0.25, 0.3) is 0 Å². The van der Waals surface area contributed by atoms with Gasteiger partial charge in [0.1, 0.15) is 17.6 Å².